The fourth-order valence-corrected chi connectivity index (χ4v) is 2.25. The van der Waals surface area contributed by atoms with Crippen LogP contribution in [0.15, 0.2) is 0 Å². The van der Waals surface area contributed by atoms with Crippen molar-refractivity contribution in [3.63, 3.8) is 0 Å². The number of rotatable bonds is 6. The Bertz CT molecular complexity index is 136. The van der Waals surface area contributed by atoms with Crippen LogP contribution in [0.25, 0.3) is 0 Å². The quantitative estimate of drug-likeness (QED) is 0.733. The van der Waals surface area contributed by atoms with Crippen molar-refractivity contribution in [2.24, 2.45) is 5.92 Å². The Morgan fingerprint density at radius 2 is 1.64 bits per heavy atom. The third kappa shape index (κ3) is 7.69. The van der Waals surface area contributed by atoms with Crippen LogP contribution in [0.2, 0.25) is 0 Å². The number of aliphatic hydroxyl groups excluding tert-OH is 1. The van der Waals surface area contributed by atoms with Gasteiger partial charge in [-0.1, -0.05) is 47.5 Å². The minimum Gasteiger partial charge on any atom is -0.392 e. The average molecular weight is 218 g/mol. The molecule has 0 radical (unpaired) electrons. The molecule has 1 nitrogen and oxygen atoms in total. The van der Waals surface area contributed by atoms with Crippen molar-refractivity contribution in [1.82, 2.24) is 0 Å². The maximum atomic E-state index is 9.82. The van der Waals surface area contributed by atoms with Crippen LogP contribution in [0, 0.1) is 5.92 Å². The molecule has 0 aliphatic carbocycles. The first-order chi connectivity index (χ1) is 6.39. The van der Waals surface area contributed by atoms with Gasteiger partial charge in [0.05, 0.1) is 6.10 Å². The fourth-order valence-electron chi connectivity index (χ4n) is 1.42. The highest BCUT2D eigenvalue weighted by Crippen LogP contribution is 2.26. The molecule has 2 heteroatoms. The van der Waals surface area contributed by atoms with Crippen LogP contribution < -0.4 is 0 Å². The summed E-state index contributed by atoms with van der Waals surface area (Å²) >= 11 is 1.85. The van der Waals surface area contributed by atoms with E-state index >= 15 is 0 Å². The van der Waals surface area contributed by atoms with Gasteiger partial charge in [0.25, 0.3) is 0 Å². The van der Waals surface area contributed by atoms with Crippen molar-refractivity contribution >= 4 is 11.8 Å². The molecule has 0 heterocycles. The lowest BCUT2D eigenvalue weighted by Crippen LogP contribution is -2.19. The van der Waals surface area contributed by atoms with Gasteiger partial charge in [0.15, 0.2) is 0 Å². The molecule has 0 fully saturated rings. The van der Waals surface area contributed by atoms with Gasteiger partial charge >= 0.3 is 0 Å². The van der Waals surface area contributed by atoms with Crippen molar-refractivity contribution in [1.29, 1.82) is 0 Å². The molecule has 0 bridgehead atoms. The Morgan fingerprint density at radius 1 is 1.14 bits per heavy atom. The topological polar surface area (TPSA) is 20.2 Å². The van der Waals surface area contributed by atoms with E-state index < -0.39 is 0 Å². The van der Waals surface area contributed by atoms with E-state index in [-0.39, 0.29) is 10.9 Å². The summed E-state index contributed by atoms with van der Waals surface area (Å²) in [7, 11) is 0. The molecule has 0 amide bonds. The molecule has 0 saturated carbocycles. The lowest BCUT2D eigenvalue weighted by atomic mass is 9.97. The first-order valence-corrected chi connectivity index (χ1v) is 6.69. The summed E-state index contributed by atoms with van der Waals surface area (Å²) in [6.07, 6.45) is 3.22. The molecule has 1 atom stereocenters. The second kappa shape index (κ2) is 6.73. The predicted octanol–water partition coefficient (Wildman–Crippen LogP) is 3.71. The number of hydrogen-bond acceptors (Lipinski definition) is 2. The van der Waals surface area contributed by atoms with Gasteiger partial charge in [0.2, 0.25) is 0 Å². The summed E-state index contributed by atoms with van der Waals surface area (Å²) in [6, 6.07) is 0. The molecule has 0 rings (SSSR count). The van der Waals surface area contributed by atoms with E-state index in [1.165, 1.54) is 12.8 Å². The van der Waals surface area contributed by atoms with Gasteiger partial charge in [-0.3, -0.25) is 0 Å². The number of aliphatic hydroxyl groups is 1. The van der Waals surface area contributed by atoms with E-state index in [1.807, 2.05) is 11.8 Å². The van der Waals surface area contributed by atoms with Gasteiger partial charge in [-0.2, -0.15) is 11.8 Å². The highest BCUT2D eigenvalue weighted by atomic mass is 32.2. The van der Waals surface area contributed by atoms with Crippen molar-refractivity contribution in [2.75, 3.05) is 5.75 Å². The molecule has 0 aromatic carbocycles. The van der Waals surface area contributed by atoms with Gasteiger partial charge in [-0.15, -0.1) is 0 Å². The highest BCUT2D eigenvalue weighted by molar-refractivity contribution is 8.00. The molecule has 86 valence electrons. The SMILES string of the molecule is CCC(CC)CC(O)CSC(C)(C)C. The maximum absolute atomic E-state index is 9.82. The van der Waals surface area contributed by atoms with Gasteiger partial charge in [-0.05, 0) is 12.3 Å². The van der Waals surface area contributed by atoms with Crippen LogP contribution >= 0.6 is 11.8 Å². The van der Waals surface area contributed by atoms with Gasteiger partial charge < -0.3 is 5.11 Å². The first kappa shape index (κ1) is 14.3. The predicted molar refractivity (Wildman–Crippen MR) is 66.9 cm³/mol. The summed E-state index contributed by atoms with van der Waals surface area (Å²) < 4.78 is 0.273. The lowest BCUT2D eigenvalue weighted by molar-refractivity contribution is 0.161. The van der Waals surface area contributed by atoms with Crippen LogP contribution in [0.3, 0.4) is 0 Å². The zero-order valence-corrected chi connectivity index (χ0v) is 11.2. The first-order valence-electron chi connectivity index (χ1n) is 5.71. The summed E-state index contributed by atoms with van der Waals surface area (Å²) in [5, 5.41) is 9.82. The van der Waals surface area contributed by atoms with Crippen molar-refractivity contribution in [2.45, 2.75) is 64.7 Å². The standard InChI is InChI=1S/C12H26OS/c1-6-10(7-2)8-11(13)9-14-12(3,4)5/h10-11,13H,6-9H2,1-5H3. The normalized spacial score (nSPS) is 14.8. The van der Waals surface area contributed by atoms with Crippen LogP contribution in [0.4, 0.5) is 0 Å². The molecule has 0 aromatic heterocycles. The zero-order chi connectivity index (χ0) is 11.2. The Balaban J connectivity index is 3.69. The van der Waals surface area contributed by atoms with Gasteiger partial charge in [0.1, 0.15) is 0 Å². The van der Waals surface area contributed by atoms with E-state index in [2.05, 4.69) is 34.6 Å². The largest absolute Gasteiger partial charge is 0.392 e. The Hall–Kier alpha value is 0.310. The zero-order valence-electron chi connectivity index (χ0n) is 10.3. The second-order valence-electron chi connectivity index (χ2n) is 5.00. The Kier molecular flexibility index (Phi) is 6.88. The maximum Gasteiger partial charge on any atom is 0.0633 e. The minimum atomic E-state index is -0.121. The van der Waals surface area contributed by atoms with Crippen LogP contribution in [-0.2, 0) is 0 Å². The van der Waals surface area contributed by atoms with Crippen molar-refractivity contribution < 1.29 is 5.11 Å². The summed E-state index contributed by atoms with van der Waals surface area (Å²) in [5.74, 6) is 1.57. The molecule has 0 aliphatic heterocycles. The molecule has 1 unspecified atom stereocenters. The van der Waals surface area contributed by atoms with Crippen LogP contribution in [-0.4, -0.2) is 21.7 Å². The number of hydrogen-bond donors (Lipinski definition) is 1. The van der Waals surface area contributed by atoms with E-state index in [0.29, 0.717) is 5.92 Å². The second-order valence-corrected chi connectivity index (χ2v) is 6.84. The summed E-state index contributed by atoms with van der Waals surface area (Å²) in [5.41, 5.74) is 0. The molecule has 0 saturated heterocycles. The lowest BCUT2D eigenvalue weighted by Gasteiger charge is -2.22. The van der Waals surface area contributed by atoms with Gasteiger partial charge in [0, 0.05) is 10.5 Å². The van der Waals surface area contributed by atoms with Gasteiger partial charge in [-0.25, -0.2) is 0 Å². The minimum absolute atomic E-state index is 0.121. The Labute approximate surface area is 93.7 Å². The molecule has 1 N–H and O–H groups in total. The third-order valence-electron chi connectivity index (χ3n) is 2.47. The molecular formula is C12H26OS. The molecule has 0 aliphatic rings. The number of thioether (sulfide) groups is 1. The molecule has 0 aromatic rings. The molecule has 14 heavy (non-hydrogen) atoms. The molecule has 0 spiro atoms. The van der Waals surface area contributed by atoms with Crippen LogP contribution in [0.5, 0.6) is 0 Å². The smallest absolute Gasteiger partial charge is 0.0633 e. The third-order valence-corrected chi connectivity index (χ3v) is 3.89. The van der Waals surface area contributed by atoms with E-state index in [0.717, 1.165) is 12.2 Å². The monoisotopic (exact) mass is 218 g/mol. The summed E-state index contributed by atoms with van der Waals surface area (Å²) in [6.45, 7) is 11.0. The Morgan fingerprint density at radius 3 is 2.00 bits per heavy atom. The van der Waals surface area contributed by atoms with E-state index in [9.17, 15) is 5.11 Å². The fraction of sp³-hybridized carbons (Fsp3) is 1.00. The average Bonchev–Trinajstić information content (AvgIpc) is 2.09. The highest BCUT2D eigenvalue weighted by Gasteiger charge is 2.16. The van der Waals surface area contributed by atoms with E-state index in [4.69, 9.17) is 0 Å². The molecular weight excluding hydrogens is 192 g/mol. The van der Waals surface area contributed by atoms with Crippen molar-refractivity contribution in [3.05, 3.63) is 0 Å². The summed E-state index contributed by atoms with van der Waals surface area (Å²) in [4.78, 5) is 0. The van der Waals surface area contributed by atoms with Crippen molar-refractivity contribution in [3.8, 4) is 0 Å². The van der Waals surface area contributed by atoms with E-state index in [1.54, 1.807) is 0 Å². The van der Waals surface area contributed by atoms with Crippen LogP contribution in [0.1, 0.15) is 53.9 Å².